The van der Waals surface area contributed by atoms with E-state index in [0.29, 0.717) is 13.0 Å². The Morgan fingerprint density at radius 1 is 1.33 bits per heavy atom. The van der Waals surface area contributed by atoms with Crippen LogP contribution in [0.5, 0.6) is 11.5 Å². The van der Waals surface area contributed by atoms with E-state index in [9.17, 15) is 4.39 Å². The van der Waals surface area contributed by atoms with Crippen molar-refractivity contribution in [2.45, 2.75) is 25.5 Å². The van der Waals surface area contributed by atoms with E-state index < -0.39 is 0 Å². The summed E-state index contributed by atoms with van der Waals surface area (Å²) in [6, 6.07) is 12.2. The van der Waals surface area contributed by atoms with Crippen LogP contribution in [0, 0.1) is 5.82 Å². The molecular formula is C17H18FNO2. The van der Waals surface area contributed by atoms with Gasteiger partial charge in [0.25, 0.3) is 0 Å². The maximum Gasteiger partial charge on any atom is 0.137 e. The van der Waals surface area contributed by atoms with Crippen LogP contribution < -0.4 is 15.2 Å². The molecule has 1 aliphatic rings. The average molecular weight is 287 g/mol. The van der Waals surface area contributed by atoms with Gasteiger partial charge in [-0.25, -0.2) is 4.39 Å². The van der Waals surface area contributed by atoms with Crippen molar-refractivity contribution in [3.63, 3.8) is 0 Å². The maximum absolute atomic E-state index is 13.2. The first-order chi connectivity index (χ1) is 10.1. The highest BCUT2D eigenvalue weighted by atomic mass is 19.1. The van der Waals surface area contributed by atoms with E-state index in [4.69, 9.17) is 15.2 Å². The Balaban J connectivity index is 1.65. The molecule has 2 aromatic carbocycles. The van der Waals surface area contributed by atoms with Crippen molar-refractivity contribution in [3.8, 4) is 11.5 Å². The van der Waals surface area contributed by atoms with E-state index in [-0.39, 0.29) is 18.0 Å². The van der Waals surface area contributed by atoms with Gasteiger partial charge in [-0.15, -0.1) is 0 Å². The molecule has 0 aromatic heterocycles. The van der Waals surface area contributed by atoms with E-state index in [0.717, 1.165) is 22.6 Å². The van der Waals surface area contributed by atoms with E-state index in [1.54, 1.807) is 6.07 Å². The van der Waals surface area contributed by atoms with Gasteiger partial charge in [0, 0.05) is 23.6 Å². The van der Waals surface area contributed by atoms with Gasteiger partial charge < -0.3 is 15.2 Å². The van der Waals surface area contributed by atoms with Crippen LogP contribution in [-0.2, 0) is 6.42 Å². The lowest BCUT2D eigenvalue weighted by Gasteiger charge is -2.16. The Hall–Kier alpha value is -2.07. The van der Waals surface area contributed by atoms with E-state index in [1.165, 1.54) is 12.1 Å². The molecule has 3 nitrogen and oxygen atoms in total. The van der Waals surface area contributed by atoms with Gasteiger partial charge in [0.2, 0.25) is 0 Å². The predicted molar refractivity (Wildman–Crippen MR) is 79.1 cm³/mol. The lowest BCUT2D eigenvalue weighted by molar-refractivity contribution is 0.147. The summed E-state index contributed by atoms with van der Waals surface area (Å²) in [7, 11) is 0. The van der Waals surface area contributed by atoms with Crippen LogP contribution in [0.3, 0.4) is 0 Å². The monoisotopic (exact) mass is 287 g/mol. The first-order valence-corrected chi connectivity index (χ1v) is 7.06. The second kappa shape index (κ2) is 5.74. The molecule has 0 radical (unpaired) electrons. The summed E-state index contributed by atoms with van der Waals surface area (Å²) in [5, 5.41) is 0. The Morgan fingerprint density at radius 2 is 2.14 bits per heavy atom. The highest BCUT2D eigenvalue weighted by Crippen LogP contribution is 2.30. The molecular weight excluding hydrogens is 269 g/mol. The van der Waals surface area contributed by atoms with E-state index >= 15 is 0 Å². The normalized spacial score (nSPS) is 18.0. The summed E-state index contributed by atoms with van der Waals surface area (Å²) in [4.78, 5) is 0. The van der Waals surface area contributed by atoms with Crippen molar-refractivity contribution in [1.29, 1.82) is 0 Å². The molecule has 0 fully saturated rings. The van der Waals surface area contributed by atoms with Gasteiger partial charge >= 0.3 is 0 Å². The van der Waals surface area contributed by atoms with Crippen LogP contribution in [0.25, 0.3) is 0 Å². The molecule has 2 N–H and O–H groups in total. The molecule has 3 rings (SSSR count). The van der Waals surface area contributed by atoms with Gasteiger partial charge in [0.05, 0.1) is 0 Å². The Labute approximate surface area is 123 Å². The number of benzene rings is 2. The second-order valence-corrected chi connectivity index (χ2v) is 5.33. The third-order valence-electron chi connectivity index (χ3n) is 3.60. The molecule has 1 unspecified atom stereocenters. The first-order valence-electron chi connectivity index (χ1n) is 7.06. The maximum atomic E-state index is 13.2. The van der Waals surface area contributed by atoms with Crippen molar-refractivity contribution in [2.75, 3.05) is 6.61 Å². The van der Waals surface area contributed by atoms with Gasteiger partial charge in [-0.3, -0.25) is 0 Å². The number of hydrogen-bond donors (Lipinski definition) is 1. The number of fused-ring (bicyclic) bond motifs is 1. The first kappa shape index (κ1) is 13.9. The van der Waals surface area contributed by atoms with Crippen LogP contribution >= 0.6 is 0 Å². The summed E-state index contributed by atoms with van der Waals surface area (Å²) < 4.78 is 24.8. The molecule has 21 heavy (non-hydrogen) atoms. The topological polar surface area (TPSA) is 44.5 Å². The smallest absolute Gasteiger partial charge is 0.137 e. The van der Waals surface area contributed by atoms with Crippen molar-refractivity contribution >= 4 is 0 Å². The van der Waals surface area contributed by atoms with Crippen LogP contribution in [0.2, 0.25) is 0 Å². The summed E-state index contributed by atoms with van der Waals surface area (Å²) in [6.07, 6.45) is 0.566. The molecule has 110 valence electrons. The lowest BCUT2D eigenvalue weighted by atomic mass is 10.1. The minimum atomic E-state index is -0.235. The van der Waals surface area contributed by atoms with E-state index in [2.05, 4.69) is 0 Å². The van der Waals surface area contributed by atoms with Crippen molar-refractivity contribution in [1.82, 2.24) is 0 Å². The third-order valence-corrected chi connectivity index (χ3v) is 3.60. The van der Waals surface area contributed by atoms with Gasteiger partial charge in [0.15, 0.2) is 0 Å². The van der Waals surface area contributed by atoms with Gasteiger partial charge in [-0.2, -0.15) is 0 Å². The fourth-order valence-corrected chi connectivity index (χ4v) is 2.55. The summed E-state index contributed by atoms with van der Waals surface area (Å²) in [5.41, 5.74) is 7.79. The molecule has 2 aromatic rings. The fourth-order valence-electron chi connectivity index (χ4n) is 2.55. The van der Waals surface area contributed by atoms with Gasteiger partial charge in [-0.1, -0.05) is 18.2 Å². The molecule has 0 amide bonds. The predicted octanol–water partition coefficient (Wildman–Crippen LogP) is 3.23. The number of nitrogens with two attached hydrogens (primary N) is 1. The Bertz CT molecular complexity index is 642. The van der Waals surface area contributed by atoms with Crippen molar-refractivity contribution in [3.05, 3.63) is 59.4 Å². The zero-order valence-corrected chi connectivity index (χ0v) is 11.9. The number of para-hydroxylation sites is 1. The molecule has 4 heteroatoms. The minimum Gasteiger partial charge on any atom is -0.489 e. The van der Waals surface area contributed by atoms with Crippen molar-refractivity contribution in [2.24, 2.45) is 5.73 Å². The highest BCUT2D eigenvalue weighted by Gasteiger charge is 2.24. The largest absolute Gasteiger partial charge is 0.489 e. The molecule has 1 heterocycles. The zero-order chi connectivity index (χ0) is 14.8. The molecule has 0 saturated heterocycles. The number of ether oxygens (including phenoxy) is 2. The second-order valence-electron chi connectivity index (χ2n) is 5.33. The molecule has 0 saturated carbocycles. The third kappa shape index (κ3) is 3.00. The summed E-state index contributed by atoms with van der Waals surface area (Å²) >= 11 is 0. The van der Waals surface area contributed by atoms with Crippen molar-refractivity contribution < 1.29 is 13.9 Å². The standard InChI is InChI=1S/C17H18FNO2/c1-11(19)15-4-2-3-5-17(15)20-10-14-9-12-8-13(18)6-7-16(12)21-14/h2-8,11,14H,9-10,19H2,1H3/t11-,14?/m1/s1. The SMILES string of the molecule is C[C@@H](N)c1ccccc1OCC1Cc2cc(F)ccc2O1. The Morgan fingerprint density at radius 3 is 2.95 bits per heavy atom. The molecule has 2 atom stereocenters. The van der Waals surface area contributed by atoms with Crippen LogP contribution in [0.15, 0.2) is 42.5 Å². The molecule has 0 bridgehead atoms. The molecule has 0 aliphatic carbocycles. The van der Waals surface area contributed by atoms with Crippen LogP contribution in [0.1, 0.15) is 24.1 Å². The quantitative estimate of drug-likeness (QED) is 0.939. The van der Waals surface area contributed by atoms with Crippen LogP contribution in [-0.4, -0.2) is 12.7 Å². The van der Waals surface area contributed by atoms with Gasteiger partial charge in [-0.05, 0) is 31.2 Å². The number of rotatable bonds is 4. The fraction of sp³-hybridized carbons (Fsp3) is 0.294. The molecule has 1 aliphatic heterocycles. The van der Waals surface area contributed by atoms with Gasteiger partial charge in [0.1, 0.15) is 30.0 Å². The summed E-state index contributed by atoms with van der Waals surface area (Å²) in [5.74, 6) is 1.28. The number of hydrogen-bond acceptors (Lipinski definition) is 3. The average Bonchev–Trinajstić information content (AvgIpc) is 2.87. The Kier molecular flexibility index (Phi) is 3.80. The molecule has 0 spiro atoms. The lowest BCUT2D eigenvalue weighted by Crippen LogP contribution is -2.23. The number of halogens is 1. The summed E-state index contributed by atoms with van der Waals surface area (Å²) in [6.45, 7) is 2.34. The van der Waals surface area contributed by atoms with Crippen LogP contribution in [0.4, 0.5) is 4.39 Å². The highest BCUT2D eigenvalue weighted by molar-refractivity contribution is 5.38. The minimum absolute atomic E-state index is 0.0861. The van der Waals surface area contributed by atoms with E-state index in [1.807, 2.05) is 31.2 Å². The zero-order valence-electron chi connectivity index (χ0n) is 11.9.